The van der Waals surface area contributed by atoms with E-state index in [0.717, 1.165) is 5.75 Å². The Hall–Kier alpha value is -0.480. The lowest BCUT2D eigenvalue weighted by atomic mass is 10.1. The molecule has 0 saturated carbocycles. The van der Waals surface area contributed by atoms with E-state index in [0.29, 0.717) is 0 Å². The highest BCUT2D eigenvalue weighted by Gasteiger charge is 2.31. The van der Waals surface area contributed by atoms with Gasteiger partial charge in [0.05, 0.1) is 0 Å². The van der Waals surface area contributed by atoms with Gasteiger partial charge in [-0.1, -0.05) is 11.6 Å². The first kappa shape index (κ1) is 13.5. The summed E-state index contributed by atoms with van der Waals surface area (Å²) in [5.74, 6) is -0.143. The van der Waals surface area contributed by atoms with E-state index < -0.39 is 16.8 Å². The minimum atomic E-state index is -0.945. The summed E-state index contributed by atoms with van der Waals surface area (Å²) in [5, 5.41) is 8.77. The number of aliphatic carboxylic acids is 1. The van der Waals surface area contributed by atoms with Crippen molar-refractivity contribution in [1.82, 2.24) is 0 Å². The van der Waals surface area contributed by atoms with Gasteiger partial charge in [0.15, 0.2) is 0 Å². The van der Waals surface area contributed by atoms with E-state index in [1.807, 2.05) is 27.7 Å². The van der Waals surface area contributed by atoms with Crippen molar-refractivity contribution in [3.8, 4) is 0 Å². The van der Waals surface area contributed by atoms with E-state index in [1.165, 1.54) is 5.57 Å². The third kappa shape index (κ3) is 4.67. The summed E-state index contributed by atoms with van der Waals surface area (Å²) >= 11 is 1.56. The van der Waals surface area contributed by atoms with Crippen LogP contribution in [-0.2, 0) is 4.79 Å². The predicted octanol–water partition coefficient (Wildman–Crippen LogP) is 1.88. The topological polar surface area (TPSA) is 63.3 Å². The molecule has 0 fully saturated rings. The fourth-order valence-electron chi connectivity index (χ4n) is 0.810. The van der Waals surface area contributed by atoms with E-state index in [2.05, 4.69) is 6.08 Å². The molecule has 0 rings (SSSR count). The van der Waals surface area contributed by atoms with Crippen LogP contribution in [0.2, 0.25) is 0 Å². The molecule has 0 bridgehead atoms. The van der Waals surface area contributed by atoms with Gasteiger partial charge in [-0.2, -0.15) is 0 Å². The van der Waals surface area contributed by atoms with Crippen LogP contribution in [0.3, 0.4) is 0 Å². The summed E-state index contributed by atoms with van der Waals surface area (Å²) in [7, 11) is 0. The van der Waals surface area contributed by atoms with Crippen LogP contribution in [-0.4, -0.2) is 27.6 Å². The first-order valence-corrected chi connectivity index (χ1v) is 5.51. The molecule has 3 nitrogen and oxygen atoms in total. The van der Waals surface area contributed by atoms with Crippen molar-refractivity contribution >= 4 is 17.7 Å². The molecule has 82 valence electrons. The number of nitrogens with two attached hydrogens (primary N) is 1. The second-order valence-corrected chi connectivity index (χ2v) is 5.69. The SMILES string of the molecule is CC(C)=CCSC(C)(C)[C@H](N)C(=O)O. The van der Waals surface area contributed by atoms with Gasteiger partial charge in [0, 0.05) is 10.5 Å². The first-order chi connectivity index (χ1) is 6.27. The summed E-state index contributed by atoms with van der Waals surface area (Å²) in [6.07, 6.45) is 2.07. The van der Waals surface area contributed by atoms with Crippen LogP contribution in [0.15, 0.2) is 11.6 Å². The molecule has 0 aliphatic heterocycles. The Balaban J connectivity index is 4.20. The number of thioether (sulfide) groups is 1. The molecule has 0 aromatic rings. The average molecular weight is 217 g/mol. The van der Waals surface area contributed by atoms with Crippen LogP contribution in [0.1, 0.15) is 27.7 Å². The molecule has 14 heavy (non-hydrogen) atoms. The Labute approximate surface area is 89.8 Å². The van der Waals surface area contributed by atoms with Gasteiger partial charge in [0.25, 0.3) is 0 Å². The number of rotatable bonds is 5. The maximum absolute atomic E-state index is 10.7. The molecule has 0 unspecified atom stereocenters. The largest absolute Gasteiger partial charge is 0.480 e. The predicted molar refractivity (Wildman–Crippen MR) is 61.6 cm³/mol. The van der Waals surface area contributed by atoms with Crippen LogP contribution in [0, 0.1) is 0 Å². The fourth-order valence-corrected chi connectivity index (χ4v) is 1.94. The Morgan fingerprint density at radius 1 is 1.57 bits per heavy atom. The number of carboxylic acid groups (broad SMARTS) is 1. The smallest absolute Gasteiger partial charge is 0.321 e. The second kappa shape index (κ2) is 5.41. The van der Waals surface area contributed by atoms with Gasteiger partial charge in [-0.3, -0.25) is 4.79 Å². The highest BCUT2D eigenvalue weighted by molar-refractivity contribution is 8.00. The van der Waals surface area contributed by atoms with E-state index in [4.69, 9.17) is 10.8 Å². The van der Waals surface area contributed by atoms with Gasteiger partial charge in [-0.15, -0.1) is 11.8 Å². The van der Waals surface area contributed by atoms with E-state index >= 15 is 0 Å². The minimum absolute atomic E-state index is 0.433. The van der Waals surface area contributed by atoms with Gasteiger partial charge < -0.3 is 10.8 Å². The van der Waals surface area contributed by atoms with Crippen molar-refractivity contribution in [1.29, 1.82) is 0 Å². The molecule has 0 saturated heterocycles. The number of hydrogen-bond acceptors (Lipinski definition) is 3. The normalized spacial score (nSPS) is 13.5. The average Bonchev–Trinajstić information content (AvgIpc) is 2.01. The van der Waals surface area contributed by atoms with Gasteiger partial charge in [-0.25, -0.2) is 0 Å². The van der Waals surface area contributed by atoms with Crippen LogP contribution in [0.4, 0.5) is 0 Å². The lowest BCUT2D eigenvalue weighted by Crippen LogP contribution is -2.46. The maximum atomic E-state index is 10.7. The fraction of sp³-hybridized carbons (Fsp3) is 0.700. The molecular formula is C10H19NO2S. The molecule has 0 aromatic carbocycles. The van der Waals surface area contributed by atoms with Gasteiger partial charge in [0.2, 0.25) is 0 Å². The number of allylic oxidation sites excluding steroid dienone is 1. The third-order valence-electron chi connectivity index (χ3n) is 1.96. The van der Waals surface area contributed by atoms with Gasteiger partial charge >= 0.3 is 5.97 Å². The Morgan fingerprint density at radius 2 is 2.07 bits per heavy atom. The summed E-state index contributed by atoms with van der Waals surface area (Å²) in [5.41, 5.74) is 6.80. The molecular weight excluding hydrogens is 198 g/mol. The maximum Gasteiger partial charge on any atom is 0.321 e. The quantitative estimate of drug-likeness (QED) is 0.690. The van der Waals surface area contributed by atoms with Crippen LogP contribution < -0.4 is 5.73 Å². The molecule has 1 atom stereocenters. The Kier molecular flexibility index (Phi) is 5.23. The summed E-state index contributed by atoms with van der Waals surface area (Å²) < 4.78 is -0.433. The molecule has 4 heteroatoms. The van der Waals surface area contributed by atoms with Crippen molar-refractivity contribution < 1.29 is 9.90 Å². The Bertz CT molecular complexity index is 232. The highest BCUT2D eigenvalue weighted by Crippen LogP contribution is 2.27. The zero-order chi connectivity index (χ0) is 11.4. The van der Waals surface area contributed by atoms with Crippen LogP contribution >= 0.6 is 11.8 Å². The van der Waals surface area contributed by atoms with Crippen molar-refractivity contribution in [3.05, 3.63) is 11.6 Å². The standard InChI is InChI=1S/C10H19NO2S/c1-7(2)5-6-14-10(3,4)8(11)9(12)13/h5,8H,6,11H2,1-4H3,(H,12,13)/t8-/m1/s1. The molecule has 0 heterocycles. The molecule has 0 spiro atoms. The lowest BCUT2D eigenvalue weighted by Gasteiger charge is -2.27. The molecule has 0 radical (unpaired) electrons. The van der Waals surface area contributed by atoms with E-state index in [9.17, 15) is 4.79 Å². The Morgan fingerprint density at radius 3 is 2.43 bits per heavy atom. The number of carboxylic acids is 1. The monoisotopic (exact) mass is 217 g/mol. The molecule has 0 aromatic heterocycles. The van der Waals surface area contributed by atoms with Crippen molar-refractivity contribution in [2.45, 2.75) is 38.5 Å². The zero-order valence-electron chi connectivity index (χ0n) is 9.20. The molecule has 0 aliphatic rings. The van der Waals surface area contributed by atoms with Gasteiger partial charge in [-0.05, 0) is 27.7 Å². The van der Waals surface area contributed by atoms with Crippen molar-refractivity contribution in [2.75, 3.05) is 5.75 Å². The van der Waals surface area contributed by atoms with Crippen molar-refractivity contribution in [2.24, 2.45) is 5.73 Å². The lowest BCUT2D eigenvalue weighted by molar-refractivity contribution is -0.139. The molecule has 3 N–H and O–H groups in total. The summed E-state index contributed by atoms with van der Waals surface area (Å²) in [6.45, 7) is 7.75. The second-order valence-electron chi connectivity index (χ2n) is 4.01. The number of hydrogen-bond donors (Lipinski definition) is 2. The summed E-state index contributed by atoms with van der Waals surface area (Å²) in [4.78, 5) is 10.7. The number of carbonyl (C=O) groups is 1. The molecule has 0 amide bonds. The zero-order valence-corrected chi connectivity index (χ0v) is 10.0. The van der Waals surface area contributed by atoms with Crippen molar-refractivity contribution in [3.63, 3.8) is 0 Å². The first-order valence-electron chi connectivity index (χ1n) is 4.53. The van der Waals surface area contributed by atoms with Gasteiger partial charge in [0.1, 0.15) is 6.04 Å². The highest BCUT2D eigenvalue weighted by atomic mass is 32.2. The summed E-state index contributed by atoms with van der Waals surface area (Å²) in [6, 6.07) is -0.821. The van der Waals surface area contributed by atoms with E-state index in [1.54, 1.807) is 11.8 Å². The van der Waals surface area contributed by atoms with Crippen LogP contribution in [0.5, 0.6) is 0 Å². The van der Waals surface area contributed by atoms with Crippen LogP contribution in [0.25, 0.3) is 0 Å². The minimum Gasteiger partial charge on any atom is -0.480 e. The third-order valence-corrected chi connectivity index (χ3v) is 3.29. The molecule has 0 aliphatic carbocycles. The van der Waals surface area contributed by atoms with E-state index in [-0.39, 0.29) is 0 Å².